The van der Waals surface area contributed by atoms with Crippen molar-refractivity contribution in [2.45, 2.75) is 39.8 Å². The molecule has 4 heteroatoms. The summed E-state index contributed by atoms with van der Waals surface area (Å²) in [5.74, 6) is 0.746. The second kappa shape index (κ2) is 6.66. The summed E-state index contributed by atoms with van der Waals surface area (Å²) in [5.41, 5.74) is 1.85. The lowest BCUT2D eigenvalue weighted by molar-refractivity contribution is 0.539. The first-order valence-corrected chi connectivity index (χ1v) is 7.17. The average molecular weight is 275 g/mol. The van der Waals surface area contributed by atoms with E-state index in [2.05, 4.69) is 21.8 Å². The van der Waals surface area contributed by atoms with E-state index in [-0.39, 0.29) is 11.9 Å². The van der Waals surface area contributed by atoms with Crippen LogP contribution in [0.3, 0.4) is 0 Å². The number of hydrogen-bond donors (Lipinski definition) is 1. The third-order valence-corrected chi connectivity index (χ3v) is 3.28. The van der Waals surface area contributed by atoms with E-state index in [1.165, 1.54) is 0 Å². The predicted octanol–water partition coefficient (Wildman–Crippen LogP) is 3.44. The molecule has 3 nitrogen and oxygen atoms in total. The molecule has 0 aliphatic rings. The Morgan fingerprint density at radius 2 is 2.10 bits per heavy atom. The van der Waals surface area contributed by atoms with Gasteiger partial charge < -0.3 is 9.88 Å². The summed E-state index contributed by atoms with van der Waals surface area (Å²) in [7, 11) is 0. The van der Waals surface area contributed by atoms with Crippen LogP contribution in [0.2, 0.25) is 0 Å². The fourth-order valence-corrected chi connectivity index (χ4v) is 2.50. The zero-order valence-electron chi connectivity index (χ0n) is 12.4. The third-order valence-electron chi connectivity index (χ3n) is 3.28. The molecule has 2 aromatic rings. The Labute approximate surface area is 119 Å². The van der Waals surface area contributed by atoms with Crippen LogP contribution in [0.1, 0.15) is 43.3 Å². The lowest BCUT2D eigenvalue weighted by Gasteiger charge is -2.20. The first kappa shape index (κ1) is 14.7. The first-order valence-electron chi connectivity index (χ1n) is 7.17. The van der Waals surface area contributed by atoms with Crippen molar-refractivity contribution >= 4 is 0 Å². The van der Waals surface area contributed by atoms with Gasteiger partial charge in [-0.2, -0.15) is 0 Å². The number of nitrogens with one attached hydrogen (secondary N) is 1. The topological polar surface area (TPSA) is 29.9 Å². The fourth-order valence-electron chi connectivity index (χ4n) is 2.50. The molecule has 108 valence electrons. The zero-order valence-corrected chi connectivity index (χ0v) is 12.4. The molecule has 1 heterocycles. The maximum atomic E-state index is 13.7. The van der Waals surface area contributed by atoms with Crippen LogP contribution in [-0.4, -0.2) is 16.1 Å². The summed E-state index contributed by atoms with van der Waals surface area (Å²) in [6.07, 6.45) is 4.83. The molecule has 0 aliphatic carbocycles. The summed E-state index contributed by atoms with van der Waals surface area (Å²) in [6.45, 7) is 7.82. The van der Waals surface area contributed by atoms with Crippen molar-refractivity contribution in [2.75, 3.05) is 6.54 Å². The molecule has 20 heavy (non-hydrogen) atoms. The standard InChI is InChI=1S/C16H22FN3/c1-4-7-20-8-6-19-16(20)15(18-5-2)13-9-12(3)10-14(17)11-13/h6,8-11,15,18H,4-5,7H2,1-3H3. The van der Waals surface area contributed by atoms with Crippen molar-refractivity contribution in [1.82, 2.24) is 14.9 Å². The van der Waals surface area contributed by atoms with E-state index in [1.54, 1.807) is 12.1 Å². The van der Waals surface area contributed by atoms with E-state index in [4.69, 9.17) is 0 Å². The van der Waals surface area contributed by atoms with Gasteiger partial charge >= 0.3 is 0 Å². The van der Waals surface area contributed by atoms with Crippen molar-refractivity contribution in [2.24, 2.45) is 0 Å². The van der Waals surface area contributed by atoms with Gasteiger partial charge in [0.25, 0.3) is 0 Å². The highest BCUT2D eigenvalue weighted by Gasteiger charge is 2.19. The van der Waals surface area contributed by atoms with E-state index < -0.39 is 0 Å². The van der Waals surface area contributed by atoms with E-state index >= 15 is 0 Å². The van der Waals surface area contributed by atoms with Crippen LogP contribution in [0.15, 0.2) is 30.6 Å². The van der Waals surface area contributed by atoms with E-state index in [1.807, 2.05) is 32.3 Å². The molecule has 1 aromatic heterocycles. The lowest BCUT2D eigenvalue weighted by Crippen LogP contribution is -2.25. The van der Waals surface area contributed by atoms with E-state index in [0.717, 1.165) is 36.5 Å². The molecule has 0 amide bonds. The number of hydrogen-bond acceptors (Lipinski definition) is 2. The SMILES string of the molecule is CCCn1ccnc1C(NCC)c1cc(C)cc(F)c1. The first-order chi connectivity index (χ1) is 9.65. The molecule has 0 aliphatic heterocycles. The highest BCUT2D eigenvalue weighted by molar-refractivity contribution is 5.30. The Balaban J connectivity index is 2.41. The highest BCUT2D eigenvalue weighted by Crippen LogP contribution is 2.23. The maximum Gasteiger partial charge on any atom is 0.130 e. The van der Waals surface area contributed by atoms with Crippen LogP contribution in [0.4, 0.5) is 4.39 Å². The summed E-state index contributed by atoms with van der Waals surface area (Å²) in [4.78, 5) is 4.47. The average Bonchev–Trinajstić information content (AvgIpc) is 2.83. The van der Waals surface area contributed by atoms with Gasteiger partial charge in [-0.15, -0.1) is 0 Å². The molecule has 0 spiro atoms. The van der Waals surface area contributed by atoms with Crippen molar-refractivity contribution in [3.05, 3.63) is 53.4 Å². The number of aromatic nitrogens is 2. The Morgan fingerprint density at radius 1 is 1.30 bits per heavy atom. The molecule has 0 bridgehead atoms. The Hall–Kier alpha value is -1.68. The minimum Gasteiger partial charge on any atom is -0.333 e. The smallest absolute Gasteiger partial charge is 0.130 e. The maximum absolute atomic E-state index is 13.7. The molecule has 0 saturated carbocycles. The summed E-state index contributed by atoms with van der Waals surface area (Å²) >= 11 is 0. The van der Waals surface area contributed by atoms with Gasteiger partial charge in [0.15, 0.2) is 0 Å². The molecule has 1 atom stereocenters. The predicted molar refractivity (Wildman–Crippen MR) is 79.2 cm³/mol. The minimum atomic E-state index is -0.198. The van der Waals surface area contributed by atoms with Crippen molar-refractivity contribution in [3.8, 4) is 0 Å². The minimum absolute atomic E-state index is 0.0732. The molecule has 0 fully saturated rings. The fraction of sp³-hybridized carbons (Fsp3) is 0.438. The quantitative estimate of drug-likeness (QED) is 0.875. The Morgan fingerprint density at radius 3 is 2.75 bits per heavy atom. The molecule has 1 aromatic carbocycles. The highest BCUT2D eigenvalue weighted by atomic mass is 19.1. The molecule has 1 unspecified atom stereocenters. The summed E-state index contributed by atoms with van der Waals surface area (Å²) < 4.78 is 15.8. The number of nitrogens with zero attached hydrogens (tertiary/aromatic N) is 2. The third kappa shape index (κ3) is 3.25. The zero-order chi connectivity index (χ0) is 14.5. The second-order valence-corrected chi connectivity index (χ2v) is 5.03. The van der Waals surface area contributed by atoms with Gasteiger partial charge in [-0.25, -0.2) is 9.37 Å². The van der Waals surface area contributed by atoms with Gasteiger partial charge in [-0.3, -0.25) is 0 Å². The molecule has 1 N–H and O–H groups in total. The molecular weight excluding hydrogens is 253 g/mol. The van der Waals surface area contributed by atoms with Crippen LogP contribution in [-0.2, 0) is 6.54 Å². The van der Waals surface area contributed by atoms with Gasteiger partial charge in [0, 0.05) is 18.9 Å². The number of aryl methyl sites for hydroxylation is 2. The summed E-state index contributed by atoms with van der Waals surface area (Å²) in [6, 6.07) is 5.08. The van der Waals surface area contributed by atoms with Crippen LogP contribution < -0.4 is 5.32 Å². The van der Waals surface area contributed by atoms with Gasteiger partial charge in [-0.1, -0.05) is 19.9 Å². The number of rotatable bonds is 6. The van der Waals surface area contributed by atoms with Crippen molar-refractivity contribution in [3.63, 3.8) is 0 Å². The van der Waals surface area contributed by atoms with Gasteiger partial charge in [0.1, 0.15) is 11.6 Å². The van der Waals surface area contributed by atoms with Gasteiger partial charge in [0.05, 0.1) is 6.04 Å². The van der Waals surface area contributed by atoms with Crippen LogP contribution in [0, 0.1) is 12.7 Å². The summed E-state index contributed by atoms with van der Waals surface area (Å²) in [5, 5.41) is 3.40. The lowest BCUT2D eigenvalue weighted by atomic mass is 10.0. The number of benzene rings is 1. The Kier molecular flexibility index (Phi) is 4.90. The molecule has 0 radical (unpaired) electrons. The number of imidazole rings is 1. The van der Waals surface area contributed by atoms with E-state index in [9.17, 15) is 4.39 Å². The van der Waals surface area contributed by atoms with Crippen molar-refractivity contribution in [1.29, 1.82) is 0 Å². The normalized spacial score (nSPS) is 12.6. The number of halogens is 1. The molecule has 0 saturated heterocycles. The van der Waals surface area contributed by atoms with E-state index in [0.29, 0.717) is 0 Å². The van der Waals surface area contributed by atoms with Crippen LogP contribution in [0.5, 0.6) is 0 Å². The van der Waals surface area contributed by atoms with Gasteiger partial charge in [-0.05, 0) is 43.1 Å². The molecule has 2 rings (SSSR count). The second-order valence-electron chi connectivity index (χ2n) is 5.03. The largest absolute Gasteiger partial charge is 0.333 e. The van der Waals surface area contributed by atoms with Crippen molar-refractivity contribution < 1.29 is 4.39 Å². The Bertz CT molecular complexity index is 542. The van der Waals surface area contributed by atoms with Crippen LogP contribution in [0.25, 0.3) is 0 Å². The van der Waals surface area contributed by atoms with Crippen LogP contribution >= 0.6 is 0 Å². The van der Waals surface area contributed by atoms with Gasteiger partial charge in [0.2, 0.25) is 0 Å². The monoisotopic (exact) mass is 275 g/mol. The molecular formula is C16H22FN3.